The third-order valence-electron chi connectivity index (χ3n) is 3.26. The summed E-state index contributed by atoms with van der Waals surface area (Å²) in [6, 6.07) is 7.66. The van der Waals surface area contributed by atoms with E-state index >= 15 is 0 Å². The molecule has 0 bridgehead atoms. The molecule has 2 rings (SSSR count). The first-order valence-electron chi connectivity index (χ1n) is 7.42. The number of rotatable bonds is 8. The van der Waals surface area contributed by atoms with Crippen LogP contribution in [0.15, 0.2) is 36.7 Å². The van der Waals surface area contributed by atoms with Crippen molar-refractivity contribution in [1.29, 1.82) is 0 Å². The lowest BCUT2D eigenvalue weighted by Gasteiger charge is -2.19. The molecular formula is C17H20Cl2N2O2. The molecule has 1 aromatic heterocycles. The normalized spacial score (nSPS) is 10.8. The van der Waals surface area contributed by atoms with E-state index in [1.807, 2.05) is 38.2 Å². The van der Waals surface area contributed by atoms with E-state index in [-0.39, 0.29) is 0 Å². The highest BCUT2D eigenvalue weighted by Crippen LogP contribution is 2.26. The fourth-order valence-corrected chi connectivity index (χ4v) is 2.58. The maximum Gasteiger partial charge on any atom is 0.161 e. The zero-order valence-electron chi connectivity index (χ0n) is 13.3. The lowest BCUT2D eigenvalue weighted by Crippen LogP contribution is -2.24. The van der Waals surface area contributed by atoms with Gasteiger partial charge < -0.3 is 9.47 Å². The summed E-state index contributed by atoms with van der Waals surface area (Å²) in [5.41, 5.74) is 0.876. The molecule has 4 nitrogen and oxygen atoms in total. The maximum atomic E-state index is 6.14. The Morgan fingerprint density at radius 3 is 2.26 bits per heavy atom. The van der Waals surface area contributed by atoms with Crippen LogP contribution in [0.1, 0.15) is 12.5 Å². The Morgan fingerprint density at radius 1 is 1.04 bits per heavy atom. The fourth-order valence-electron chi connectivity index (χ4n) is 2.09. The van der Waals surface area contributed by atoms with Gasteiger partial charge in [0, 0.05) is 31.0 Å². The van der Waals surface area contributed by atoms with E-state index in [1.165, 1.54) is 0 Å². The lowest BCUT2D eigenvalue weighted by molar-refractivity contribution is 0.222. The second kappa shape index (κ2) is 8.96. The molecule has 2 aromatic rings. The summed E-state index contributed by atoms with van der Waals surface area (Å²) in [7, 11) is 1.99. The van der Waals surface area contributed by atoms with E-state index < -0.39 is 0 Å². The van der Waals surface area contributed by atoms with E-state index in [2.05, 4.69) is 9.88 Å². The number of ether oxygens (including phenoxy) is 2. The Balaban J connectivity index is 1.87. The first-order valence-corrected chi connectivity index (χ1v) is 8.18. The van der Waals surface area contributed by atoms with Crippen molar-refractivity contribution in [3.63, 3.8) is 0 Å². The summed E-state index contributed by atoms with van der Waals surface area (Å²) < 4.78 is 11.4. The van der Waals surface area contributed by atoms with Crippen LogP contribution in [0.4, 0.5) is 0 Å². The van der Waals surface area contributed by atoms with Crippen LogP contribution in [0.25, 0.3) is 0 Å². The molecule has 1 heterocycles. The van der Waals surface area contributed by atoms with Gasteiger partial charge in [0.1, 0.15) is 6.61 Å². The maximum absolute atomic E-state index is 6.14. The molecule has 0 saturated carbocycles. The lowest BCUT2D eigenvalue weighted by atomic mass is 10.2. The molecule has 0 saturated heterocycles. The van der Waals surface area contributed by atoms with E-state index in [9.17, 15) is 0 Å². The highest BCUT2D eigenvalue weighted by molar-refractivity contribution is 6.35. The number of aromatic nitrogens is 1. The van der Waals surface area contributed by atoms with Gasteiger partial charge in [0.2, 0.25) is 0 Å². The largest absolute Gasteiger partial charge is 0.490 e. The van der Waals surface area contributed by atoms with Crippen molar-refractivity contribution < 1.29 is 9.47 Å². The van der Waals surface area contributed by atoms with Gasteiger partial charge in [-0.25, -0.2) is 0 Å². The fraction of sp³-hybridized carbons (Fsp3) is 0.353. The highest BCUT2D eigenvalue weighted by atomic mass is 35.5. The van der Waals surface area contributed by atoms with Crippen molar-refractivity contribution in [3.05, 3.63) is 52.3 Å². The van der Waals surface area contributed by atoms with Crippen LogP contribution in [-0.4, -0.2) is 36.7 Å². The summed E-state index contributed by atoms with van der Waals surface area (Å²) in [6.45, 7) is 4.47. The van der Waals surface area contributed by atoms with Gasteiger partial charge in [-0.3, -0.25) is 9.88 Å². The monoisotopic (exact) mass is 354 g/mol. The minimum Gasteiger partial charge on any atom is -0.490 e. The van der Waals surface area contributed by atoms with E-state index in [0.717, 1.165) is 23.6 Å². The third-order valence-corrected chi connectivity index (χ3v) is 3.91. The number of benzene rings is 1. The van der Waals surface area contributed by atoms with Gasteiger partial charge in [-0.1, -0.05) is 35.3 Å². The zero-order valence-corrected chi connectivity index (χ0v) is 14.8. The van der Waals surface area contributed by atoms with Gasteiger partial charge >= 0.3 is 0 Å². The van der Waals surface area contributed by atoms with E-state index in [0.29, 0.717) is 29.8 Å². The Morgan fingerprint density at radius 2 is 1.65 bits per heavy atom. The smallest absolute Gasteiger partial charge is 0.161 e. The minimum atomic E-state index is 0.543. The molecule has 0 aliphatic heterocycles. The van der Waals surface area contributed by atoms with Crippen LogP contribution >= 0.6 is 23.2 Å². The predicted molar refractivity (Wildman–Crippen MR) is 93.7 cm³/mol. The van der Waals surface area contributed by atoms with Crippen molar-refractivity contribution >= 4 is 23.2 Å². The van der Waals surface area contributed by atoms with Crippen LogP contribution < -0.4 is 9.47 Å². The second-order valence-corrected chi connectivity index (χ2v) is 5.86. The molecule has 23 heavy (non-hydrogen) atoms. The van der Waals surface area contributed by atoms with Gasteiger partial charge in [0.05, 0.1) is 16.7 Å². The van der Waals surface area contributed by atoms with Crippen LogP contribution in [0, 0.1) is 0 Å². The SMILES string of the molecule is CCOc1ccccc1OCCN(C)Cc1c(Cl)cncc1Cl. The molecular weight excluding hydrogens is 335 g/mol. The van der Waals surface area contributed by atoms with Crippen LogP contribution in [0.2, 0.25) is 10.0 Å². The van der Waals surface area contributed by atoms with Crippen LogP contribution in [-0.2, 0) is 6.54 Å². The molecule has 0 aliphatic carbocycles. The number of pyridine rings is 1. The Labute approximate surface area is 146 Å². The minimum absolute atomic E-state index is 0.543. The molecule has 0 atom stereocenters. The molecule has 0 fully saturated rings. The number of nitrogens with zero attached hydrogens (tertiary/aromatic N) is 2. The van der Waals surface area contributed by atoms with Crippen molar-refractivity contribution in [2.45, 2.75) is 13.5 Å². The quantitative estimate of drug-likeness (QED) is 0.707. The van der Waals surface area contributed by atoms with Gasteiger partial charge in [0.15, 0.2) is 11.5 Å². The number of hydrogen-bond acceptors (Lipinski definition) is 4. The van der Waals surface area contributed by atoms with Gasteiger partial charge in [-0.2, -0.15) is 0 Å². The van der Waals surface area contributed by atoms with Crippen LogP contribution in [0.5, 0.6) is 11.5 Å². The molecule has 1 aromatic carbocycles. The summed E-state index contributed by atoms with van der Waals surface area (Å²) in [4.78, 5) is 6.05. The van der Waals surface area contributed by atoms with Crippen molar-refractivity contribution in [1.82, 2.24) is 9.88 Å². The number of halogens is 2. The molecule has 0 spiro atoms. The molecule has 0 aliphatic rings. The topological polar surface area (TPSA) is 34.6 Å². The predicted octanol–water partition coefficient (Wildman–Crippen LogP) is 4.30. The van der Waals surface area contributed by atoms with E-state index in [4.69, 9.17) is 32.7 Å². The summed E-state index contributed by atoms with van der Waals surface area (Å²) in [5.74, 6) is 1.51. The Hall–Kier alpha value is -1.49. The first kappa shape index (κ1) is 17.9. The molecule has 0 N–H and O–H groups in total. The number of likely N-dealkylation sites (N-methyl/N-ethyl adjacent to an activating group) is 1. The summed E-state index contributed by atoms with van der Waals surface area (Å²) in [6.07, 6.45) is 3.21. The molecule has 0 radical (unpaired) electrons. The van der Waals surface area contributed by atoms with Crippen molar-refractivity contribution in [2.24, 2.45) is 0 Å². The van der Waals surface area contributed by atoms with Crippen molar-refractivity contribution in [2.75, 3.05) is 26.8 Å². The van der Waals surface area contributed by atoms with Gasteiger partial charge in [-0.05, 0) is 26.1 Å². The molecule has 6 heteroatoms. The zero-order chi connectivity index (χ0) is 16.7. The van der Waals surface area contributed by atoms with Gasteiger partial charge in [-0.15, -0.1) is 0 Å². The van der Waals surface area contributed by atoms with Crippen molar-refractivity contribution in [3.8, 4) is 11.5 Å². The van der Waals surface area contributed by atoms with Crippen LogP contribution in [0.3, 0.4) is 0 Å². The summed E-state index contributed by atoms with van der Waals surface area (Å²) in [5, 5.41) is 1.15. The van der Waals surface area contributed by atoms with E-state index in [1.54, 1.807) is 12.4 Å². The standard InChI is InChI=1S/C17H20Cl2N2O2/c1-3-22-16-6-4-5-7-17(16)23-9-8-21(2)12-13-14(18)10-20-11-15(13)19/h4-7,10-11H,3,8-9,12H2,1-2H3. The average molecular weight is 355 g/mol. The molecule has 0 unspecified atom stereocenters. The Kier molecular flexibility index (Phi) is 6.96. The molecule has 0 amide bonds. The number of hydrogen-bond donors (Lipinski definition) is 0. The number of para-hydroxylation sites is 2. The highest BCUT2D eigenvalue weighted by Gasteiger charge is 2.10. The third kappa shape index (κ3) is 5.27. The second-order valence-electron chi connectivity index (χ2n) is 5.05. The van der Waals surface area contributed by atoms with Gasteiger partial charge in [0.25, 0.3) is 0 Å². The first-order chi connectivity index (χ1) is 11.1. The average Bonchev–Trinajstić information content (AvgIpc) is 2.53. The molecule has 124 valence electrons. The summed E-state index contributed by atoms with van der Waals surface area (Å²) >= 11 is 12.3. The Bertz CT molecular complexity index is 617.